The fraction of sp³-hybridized carbons (Fsp3) is 0.562. The first kappa shape index (κ1) is 17.9. The lowest BCUT2D eigenvalue weighted by molar-refractivity contribution is -0.114. The minimum absolute atomic E-state index is 0.0282. The summed E-state index contributed by atoms with van der Waals surface area (Å²) < 4.78 is 27.0. The number of hydrogen-bond donors (Lipinski definition) is 3. The smallest absolute Gasteiger partial charge is 0.240 e. The molecule has 23 heavy (non-hydrogen) atoms. The number of benzene rings is 1. The van der Waals surface area contributed by atoms with Gasteiger partial charge in [-0.3, -0.25) is 4.79 Å². The molecule has 7 heteroatoms. The van der Waals surface area contributed by atoms with Gasteiger partial charge in [-0.2, -0.15) is 0 Å². The lowest BCUT2D eigenvalue weighted by Gasteiger charge is -2.26. The molecular formula is C16H24N2O4S. The summed E-state index contributed by atoms with van der Waals surface area (Å²) in [6, 6.07) is 5.93. The number of carbonyl (C=O) groups is 1. The van der Waals surface area contributed by atoms with Crippen molar-refractivity contribution in [3.8, 4) is 0 Å². The van der Waals surface area contributed by atoms with E-state index in [2.05, 4.69) is 10.0 Å². The van der Waals surface area contributed by atoms with E-state index in [1.165, 1.54) is 37.6 Å². The molecule has 1 amide bonds. The number of hydrogen-bond acceptors (Lipinski definition) is 4. The summed E-state index contributed by atoms with van der Waals surface area (Å²) in [5.74, 6) is -0.0390. The number of anilines is 1. The van der Waals surface area contributed by atoms with Crippen LogP contribution in [0.1, 0.15) is 39.0 Å². The van der Waals surface area contributed by atoms with Crippen LogP contribution in [0.3, 0.4) is 0 Å². The number of aliphatic hydroxyl groups excluding tert-OH is 1. The summed E-state index contributed by atoms with van der Waals surface area (Å²) in [7, 11) is -3.66. The highest BCUT2D eigenvalue weighted by molar-refractivity contribution is 7.89. The summed E-state index contributed by atoms with van der Waals surface area (Å²) in [6.45, 7) is 1.42. The number of aliphatic hydroxyl groups is 1. The van der Waals surface area contributed by atoms with Crippen LogP contribution in [0.2, 0.25) is 0 Å². The number of carbonyl (C=O) groups excluding carboxylic acids is 1. The Bertz CT molecular complexity index is 622. The Hall–Kier alpha value is -1.44. The summed E-state index contributed by atoms with van der Waals surface area (Å²) in [5, 5.41) is 12.7. The van der Waals surface area contributed by atoms with E-state index in [9.17, 15) is 18.3 Å². The maximum absolute atomic E-state index is 12.2. The highest BCUT2D eigenvalue weighted by Gasteiger charge is 2.23. The van der Waals surface area contributed by atoms with Gasteiger partial charge in [0.15, 0.2) is 0 Å². The maximum atomic E-state index is 12.2. The minimum atomic E-state index is -3.66. The van der Waals surface area contributed by atoms with Gasteiger partial charge in [-0.1, -0.05) is 19.3 Å². The predicted octanol–water partition coefficient (Wildman–Crippen LogP) is 1.86. The molecule has 0 bridgehead atoms. The average molecular weight is 340 g/mol. The third-order valence-electron chi connectivity index (χ3n) is 4.16. The van der Waals surface area contributed by atoms with Crippen LogP contribution in [0.25, 0.3) is 0 Å². The molecule has 1 aliphatic carbocycles. The van der Waals surface area contributed by atoms with Crippen molar-refractivity contribution in [2.45, 2.75) is 50.0 Å². The standard InChI is InChI=1S/C16H24N2O4S/c1-12(19)18-14-7-9-15(10-8-14)23(21,22)17-11-16(20)13-5-3-2-4-6-13/h7-10,13,16-17,20H,2-6,11H2,1H3,(H,18,19). The second-order valence-corrected chi connectivity index (χ2v) is 7.79. The van der Waals surface area contributed by atoms with E-state index in [1.54, 1.807) is 0 Å². The molecule has 0 spiro atoms. The Morgan fingerprint density at radius 3 is 2.39 bits per heavy atom. The Balaban J connectivity index is 1.94. The molecule has 6 nitrogen and oxygen atoms in total. The number of amides is 1. The van der Waals surface area contributed by atoms with Gasteiger partial charge in [0.25, 0.3) is 0 Å². The van der Waals surface area contributed by atoms with Crippen molar-refractivity contribution >= 4 is 21.6 Å². The molecule has 2 rings (SSSR count). The molecule has 1 saturated carbocycles. The highest BCUT2D eigenvalue weighted by atomic mass is 32.2. The largest absolute Gasteiger partial charge is 0.391 e. The van der Waals surface area contributed by atoms with Crippen molar-refractivity contribution in [3.05, 3.63) is 24.3 Å². The Kier molecular flexibility index (Phi) is 6.15. The van der Waals surface area contributed by atoms with Crippen LogP contribution in [-0.4, -0.2) is 32.1 Å². The fourth-order valence-electron chi connectivity index (χ4n) is 2.88. The summed E-state index contributed by atoms with van der Waals surface area (Å²) in [4.78, 5) is 11.1. The van der Waals surface area contributed by atoms with E-state index in [-0.39, 0.29) is 23.3 Å². The third-order valence-corrected chi connectivity index (χ3v) is 5.60. The van der Waals surface area contributed by atoms with Crippen LogP contribution in [0.5, 0.6) is 0 Å². The first-order valence-electron chi connectivity index (χ1n) is 7.94. The number of nitrogens with one attached hydrogen (secondary N) is 2. The van der Waals surface area contributed by atoms with Crippen LogP contribution in [0.15, 0.2) is 29.2 Å². The fourth-order valence-corrected chi connectivity index (χ4v) is 3.94. The lowest BCUT2D eigenvalue weighted by Crippen LogP contribution is -2.37. The van der Waals surface area contributed by atoms with Crippen molar-refractivity contribution in [1.82, 2.24) is 4.72 Å². The molecule has 1 fully saturated rings. The predicted molar refractivity (Wildman–Crippen MR) is 88.5 cm³/mol. The molecule has 1 atom stereocenters. The molecule has 1 aromatic rings. The lowest BCUT2D eigenvalue weighted by atomic mass is 9.85. The van der Waals surface area contributed by atoms with E-state index in [1.807, 2.05) is 0 Å². The molecule has 0 heterocycles. The molecule has 0 aromatic heterocycles. The minimum Gasteiger partial charge on any atom is -0.391 e. The van der Waals surface area contributed by atoms with Gasteiger partial charge in [0.1, 0.15) is 0 Å². The van der Waals surface area contributed by atoms with Gasteiger partial charge in [-0.15, -0.1) is 0 Å². The van der Waals surface area contributed by atoms with Crippen molar-refractivity contribution in [1.29, 1.82) is 0 Å². The molecular weight excluding hydrogens is 316 g/mol. The normalized spacial score (nSPS) is 17.7. The Morgan fingerprint density at radius 1 is 1.22 bits per heavy atom. The summed E-state index contributed by atoms with van der Waals surface area (Å²) in [5.41, 5.74) is 0.540. The monoisotopic (exact) mass is 340 g/mol. The maximum Gasteiger partial charge on any atom is 0.240 e. The van der Waals surface area contributed by atoms with E-state index < -0.39 is 16.1 Å². The van der Waals surface area contributed by atoms with Crippen molar-refractivity contribution in [3.63, 3.8) is 0 Å². The summed E-state index contributed by atoms with van der Waals surface area (Å²) in [6.07, 6.45) is 4.64. The van der Waals surface area contributed by atoms with Gasteiger partial charge in [-0.25, -0.2) is 13.1 Å². The zero-order chi connectivity index (χ0) is 16.9. The highest BCUT2D eigenvalue weighted by Crippen LogP contribution is 2.26. The molecule has 1 aromatic carbocycles. The molecule has 1 aliphatic rings. The quantitative estimate of drug-likeness (QED) is 0.736. The molecule has 0 radical (unpaired) electrons. The molecule has 128 valence electrons. The van der Waals surface area contributed by atoms with E-state index in [4.69, 9.17) is 0 Å². The van der Waals surface area contributed by atoms with Crippen molar-refractivity contribution in [2.24, 2.45) is 5.92 Å². The van der Waals surface area contributed by atoms with Gasteiger partial charge in [0.05, 0.1) is 11.0 Å². The first-order valence-corrected chi connectivity index (χ1v) is 9.42. The summed E-state index contributed by atoms with van der Waals surface area (Å²) >= 11 is 0. The Labute approximate surface area is 137 Å². The van der Waals surface area contributed by atoms with Crippen LogP contribution >= 0.6 is 0 Å². The van der Waals surface area contributed by atoms with Gasteiger partial charge in [0.2, 0.25) is 15.9 Å². The zero-order valence-corrected chi connectivity index (χ0v) is 14.1. The molecule has 1 unspecified atom stereocenters. The van der Waals surface area contributed by atoms with Crippen molar-refractivity contribution in [2.75, 3.05) is 11.9 Å². The molecule has 0 aliphatic heterocycles. The third kappa shape index (κ3) is 5.30. The zero-order valence-electron chi connectivity index (χ0n) is 13.3. The van der Waals surface area contributed by atoms with E-state index >= 15 is 0 Å². The van der Waals surface area contributed by atoms with E-state index in [0.717, 1.165) is 25.7 Å². The van der Waals surface area contributed by atoms with Gasteiger partial charge in [-0.05, 0) is 43.0 Å². The van der Waals surface area contributed by atoms with Crippen LogP contribution < -0.4 is 10.0 Å². The SMILES string of the molecule is CC(=O)Nc1ccc(S(=O)(=O)NCC(O)C2CCCCC2)cc1. The molecule has 3 N–H and O–H groups in total. The number of rotatable bonds is 6. The topological polar surface area (TPSA) is 95.5 Å². The van der Waals surface area contributed by atoms with Crippen LogP contribution in [0.4, 0.5) is 5.69 Å². The van der Waals surface area contributed by atoms with Crippen LogP contribution in [-0.2, 0) is 14.8 Å². The van der Waals surface area contributed by atoms with Gasteiger partial charge in [0, 0.05) is 19.2 Å². The second kappa shape index (κ2) is 7.90. The van der Waals surface area contributed by atoms with Gasteiger partial charge >= 0.3 is 0 Å². The average Bonchev–Trinajstić information content (AvgIpc) is 2.53. The van der Waals surface area contributed by atoms with E-state index in [0.29, 0.717) is 5.69 Å². The first-order chi connectivity index (χ1) is 10.9. The van der Waals surface area contributed by atoms with Crippen LogP contribution in [0, 0.1) is 5.92 Å². The number of sulfonamides is 1. The Morgan fingerprint density at radius 2 is 1.83 bits per heavy atom. The van der Waals surface area contributed by atoms with Gasteiger partial charge < -0.3 is 10.4 Å². The second-order valence-electron chi connectivity index (χ2n) is 6.02. The molecule has 0 saturated heterocycles. The van der Waals surface area contributed by atoms with Crippen molar-refractivity contribution < 1.29 is 18.3 Å².